The third-order valence-electron chi connectivity index (χ3n) is 3.82. The molecule has 3 heteroatoms. The van der Waals surface area contributed by atoms with Gasteiger partial charge in [-0.2, -0.15) is 0 Å². The zero-order valence-corrected chi connectivity index (χ0v) is 11.1. The summed E-state index contributed by atoms with van der Waals surface area (Å²) in [4.78, 5) is 11.7. The second-order valence-corrected chi connectivity index (χ2v) is 5.20. The summed E-state index contributed by atoms with van der Waals surface area (Å²) in [5, 5.41) is 0. The first-order valence-electron chi connectivity index (χ1n) is 7.09. The van der Waals surface area contributed by atoms with E-state index >= 15 is 0 Å². The van der Waals surface area contributed by atoms with Crippen molar-refractivity contribution >= 4 is 5.97 Å². The number of rotatable bonds is 1. The monoisotopic (exact) mass is 241 g/mol. The number of nitrogens with two attached hydrogens (primary N) is 1. The molecule has 1 rings (SSSR count). The van der Waals surface area contributed by atoms with Crippen LogP contribution in [0, 0.1) is 5.92 Å². The highest BCUT2D eigenvalue weighted by Crippen LogP contribution is 2.21. The average molecular weight is 241 g/mol. The van der Waals surface area contributed by atoms with E-state index in [-0.39, 0.29) is 17.9 Å². The molecule has 0 saturated heterocycles. The Morgan fingerprint density at radius 2 is 1.41 bits per heavy atom. The minimum absolute atomic E-state index is 0.0122. The first-order chi connectivity index (χ1) is 8.25. The smallest absolute Gasteiger partial charge is 0.310 e. The molecule has 0 heterocycles. The Labute approximate surface area is 105 Å². The first kappa shape index (κ1) is 14.5. The molecular formula is C14H27NO2. The van der Waals surface area contributed by atoms with Crippen molar-refractivity contribution in [3.63, 3.8) is 0 Å². The van der Waals surface area contributed by atoms with Crippen molar-refractivity contribution in [3.05, 3.63) is 0 Å². The number of hydrogen-bond donors (Lipinski definition) is 1. The number of hydrogen-bond acceptors (Lipinski definition) is 3. The second-order valence-electron chi connectivity index (χ2n) is 5.20. The standard InChI is InChI=1S/C14H27NO2/c1-17-14(16)12-10-8-6-4-2-3-5-7-9-11-13(12)15/h12-13H,2-11,15H2,1H3/t12-,13+/m0/s1. The van der Waals surface area contributed by atoms with E-state index in [1.54, 1.807) is 0 Å². The minimum atomic E-state index is -0.116. The minimum Gasteiger partial charge on any atom is -0.469 e. The van der Waals surface area contributed by atoms with E-state index in [1.807, 2.05) is 0 Å². The van der Waals surface area contributed by atoms with Crippen molar-refractivity contribution in [1.82, 2.24) is 0 Å². The van der Waals surface area contributed by atoms with Crippen molar-refractivity contribution in [1.29, 1.82) is 0 Å². The van der Waals surface area contributed by atoms with Crippen molar-refractivity contribution < 1.29 is 9.53 Å². The summed E-state index contributed by atoms with van der Waals surface area (Å²) in [5.41, 5.74) is 6.13. The van der Waals surface area contributed by atoms with Crippen LogP contribution in [0.25, 0.3) is 0 Å². The molecule has 17 heavy (non-hydrogen) atoms. The molecule has 100 valence electrons. The van der Waals surface area contributed by atoms with Crippen LogP contribution in [0.2, 0.25) is 0 Å². The van der Waals surface area contributed by atoms with Crippen LogP contribution < -0.4 is 5.73 Å². The quantitative estimate of drug-likeness (QED) is 0.718. The largest absolute Gasteiger partial charge is 0.469 e. The predicted octanol–water partition coefficient (Wildman–Crippen LogP) is 3.02. The molecule has 0 spiro atoms. The van der Waals surface area contributed by atoms with Gasteiger partial charge in [0.2, 0.25) is 0 Å². The molecule has 0 aliphatic heterocycles. The van der Waals surface area contributed by atoms with Gasteiger partial charge in [0.05, 0.1) is 13.0 Å². The fraction of sp³-hybridized carbons (Fsp3) is 0.929. The predicted molar refractivity (Wildman–Crippen MR) is 69.7 cm³/mol. The highest BCUT2D eigenvalue weighted by Gasteiger charge is 2.25. The lowest BCUT2D eigenvalue weighted by Crippen LogP contribution is -2.36. The Balaban J connectivity index is 2.47. The molecule has 0 amide bonds. The van der Waals surface area contributed by atoms with E-state index in [0.717, 1.165) is 25.7 Å². The van der Waals surface area contributed by atoms with Crippen molar-refractivity contribution in [2.75, 3.05) is 7.11 Å². The van der Waals surface area contributed by atoms with Crippen molar-refractivity contribution in [2.24, 2.45) is 11.7 Å². The SMILES string of the molecule is COC(=O)[C@H]1CCCCCCCCCC[C@H]1N. The molecule has 1 fully saturated rings. The van der Waals surface area contributed by atoms with E-state index in [9.17, 15) is 4.79 Å². The average Bonchev–Trinajstić information content (AvgIpc) is 2.33. The van der Waals surface area contributed by atoms with Crippen LogP contribution in [-0.2, 0) is 9.53 Å². The summed E-state index contributed by atoms with van der Waals surface area (Å²) >= 11 is 0. The van der Waals surface area contributed by atoms with Crippen LogP contribution >= 0.6 is 0 Å². The third kappa shape index (κ3) is 5.53. The Morgan fingerprint density at radius 3 is 1.94 bits per heavy atom. The summed E-state index contributed by atoms with van der Waals surface area (Å²) in [6.45, 7) is 0. The Kier molecular flexibility index (Phi) is 7.25. The fourth-order valence-corrected chi connectivity index (χ4v) is 2.66. The number of carbonyl (C=O) groups excluding carboxylic acids is 1. The van der Waals surface area contributed by atoms with Gasteiger partial charge in [0.1, 0.15) is 0 Å². The third-order valence-corrected chi connectivity index (χ3v) is 3.82. The van der Waals surface area contributed by atoms with Gasteiger partial charge in [0.15, 0.2) is 0 Å². The molecule has 0 aromatic carbocycles. The number of carbonyl (C=O) groups is 1. The molecule has 2 atom stereocenters. The zero-order chi connectivity index (χ0) is 12.5. The van der Waals surface area contributed by atoms with E-state index in [2.05, 4.69) is 0 Å². The Morgan fingerprint density at radius 1 is 0.941 bits per heavy atom. The molecule has 1 aliphatic carbocycles. The maximum absolute atomic E-state index is 11.7. The molecule has 3 nitrogen and oxygen atoms in total. The van der Waals surface area contributed by atoms with E-state index in [1.165, 1.54) is 45.6 Å². The van der Waals surface area contributed by atoms with Crippen LogP contribution in [0.3, 0.4) is 0 Å². The van der Waals surface area contributed by atoms with Gasteiger partial charge in [-0.25, -0.2) is 0 Å². The van der Waals surface area contributed by atoms with E-state index in [0.29, 0.717) is 0 Å². The highest BCUT2D eigenvalue weighted by atomic mass is 16.5. The molecule has 2 N–H and O–H groups in total. The van der Waals surface area contributed by atoms with Crippen LogP contribution in [0.4, 0.5) is 0 Å². The van der Waals surface area contributed by atoms with Crippen LogP contribution in [0.15, 0.2) is 0 Å². The lowest BCUT2D eigenvalue weighted by molar-refractivity contribution is -0.146. The van der Waals surface area contributed by atoms with Gasteiger partial charge in [-0.15, -0.1) is 0 Å². The maximum Gasteiger partial charge on any atom is 0.310 e. The summed E-state index contributed by atoms with van der Waals surface area (Å²) in [7, 11) is 1.46. The molecule has 1 saturated carbocycles. The van der Waals surface area contributed by atoms with E-state index in [4.69, 9.17) is 10.5 Å². The lowest BCUT2D eigenvalue weighted by atomic mass is 9.89. The second kappa shape index (κ2) is 8.51. The van der Waals surface area contributed by atoms with Crippen molar-refractivity contribution in [2.45, 2.75) is 70.3 Å². The molecular weight excluding hydrogens is 214 g/mol. The summed E-state index contributed by atoms with van der Waals surface area (Å²) in [6.07, 6.45) is 11.9. The number of ether oxygens (including phenoxy) is 1. The highest BCUT2D eigenvalue weighted by molar-refractivity contribution is 5.73. The number of esters is 1. The van der Waals surface area contributed by atoms with Gasteiger partial charge in [0.25, 0.3) is 0 Å². The molecule has 0 aromatic heterocycles. The summed E-state index contributed by atoms with van der Waals surface area (Å²) in [5.74, 6) is -0.200. The maximum atomic E-state index is 11.7. The summed E-state index contributed by atoms with van der Waals surface area (Å²) < 4.78 is 4.87. The topological polar surface area (TPSA) is 52.3 Å². The lowest BCUT2D eigenvalue weighted by Gasteiger charge is -2.22. The van der Waals surface area contributed by atoms with Gasteiger partial charge >= 0.3 is 5.97 Å². The molecule has 0 radical (unpaired) electrons. The molecule has 0 aromatic rings. The summed E-state index contributed by atoms with van der Waals surface area (Å²) in [6, 6.07) is -0.0122. The van der Waals surface area contributed by atoms with Gasteiger partial charge in [-0.1, -0.05) is 51.4 Å². The van der Waals surface area contributed by atoms with Crippen molar-refractivity contribution in [3.8, 4) is 0 Å². The molecule has 0 bridgehead atoms. The first-order valence-corrected chi connectivity index (χ1v) is 7.09. The Bertz CT molecular complexity index is 218. The fourth-order valence-electron chi connectivity index (χ4n) is 2.66. The van der Waals surface area contributed by atoms with Gasteiger partial charge in [-0.05, 0) is 12.8 Å². The molecule has 0 unspecified atom stereocenters. The Hall–Kier alpha value is -0.570. The van der Waals surface area contributed by atoms with Crippen LogP contribution in [0.1, 0.15) is 64.2 Å². The van der Waals surface area contributed by atoms with Gasteiger partial charge in [0, 0.05) is 6.04 Å². The van der Waals surface area contributed by atoms with Crippen LogP contribution in [-0.4, -0.2) is 19.1 Å². The van der Waals surface area contributed by atoms with Gasteiger partial charge in [-0.3, -0.25) is 4.79 Å². The zero-order valence-electron chi connectivity index (χ0n) is 11.1. The normalized spacial score (nSPS) is 28.8. The molecule has 1 aliphatic rings. The van der Waals surface area contributed by atoms with E-state index < -0.39 is 0 Å². The van der Waals surface area contributed by atoms with Crippen LogP contribution in [0.5, 0.6) is 0 Å². The number of methoxy groups -OCH3 is 1. The van der Waals surface area contributed by atoms with Gasteiger partial charge < -0.3 is 10.5 Å².